The molecule has 43 heavy (non-hydrogen) atoms. The Balaban J connectivity index is 0.00000147. The van der Waals surface area contributed by atoms with Crippen LogP contribution in [0.15, 0.2) is 11.3 Å². The molecule has 14 atom stereocenters. The molecule has 2 aliphatic heterocycles. The van der Waals surface area contributed by atoms with Crippen molar-refractivity contribution >= 4 is 0 Å². The Labute approximate surface area is 259 Å². The van der Waals surface area contributed by atoms with E-state index in [-0.39, 0.29) is 29.3 Å². The third-order valence-corrected chi connectivity index (χ3v) is 15.5. The van der Waals surface area contributed by atoms with Crippen molar-refractivity contribution in [2.75, 3.05) is 6.61 Å². The van der Waals surface area contributed by atoms with Gasteiger partial charge in [-0.15, -0.1) is 0 Å². The highest BCUT2D eigenvalue weighted by atomic mass is 19.1. The zero-order chi connectivity index (χ0) is 31.0. The van der Waals surface area contributed by atoms with Crippen molar-refractivity contribution in [1.82, 2.24) is 0 Å². The average Bonchev–Trinajstić information content (AvgIpc) is 3.67. The van der Waals surface area contributed by atoms with E-state index in [1.165, 1.54) is 37.7 Å². The summed E-state index contributed by atoms with van der Waals surface area (Å²) in [6.07, 6.45) is 9.82. The Hall–Kier alpha value is -0.690. The molecule has 0 bridgehead atoms. The fraction of sp³-hybridized carbons (Fsp3) is 0.946. The summed E-state index contributed by atoms with van der Waals surface area (Å²) in [5, 5.41) is 20.9. The first-order valence-corrected chi connectivity index (χ1v) is 18.0. The number of halogens is 1. The van der Waals surface area contributed by atoms with Gasteiger partial charge in [-0.1, -0.05) is 41.5 Å². The van der Waals surface area contributed by atoms with Crippen molar-refractivity contribution in [3.05, 3.63) is 11.3 Å². The van der Waals surface area contributed by atoms with Crippen molar-refractivity contribution in [2.45, 2.75) is 162 Å². The van der Waals surface area contributed by atoms with Gasteiger partial charge in [-0.3, -0.25) is 0 Å². The summed E-state index contributed by atoms with van der Waals surface area (Å²) in [5.74, 6) is 3.11. The molecule has 0 aromatic rings. The first-order chi connectivity index (χ1) is 20.3. The second-order valence-corrected chi connectivity index (χ2v) is 17.0. The molecule has 6 aliphatic carbocycles. The van der Waals surface area contributed by atoms with Gasteiger partial charge in [0.05, 0.1) is 36.1 Å². The molecule has 2 heterocycles. The van der Waals surface area contributed by atoms with Crippen LogP contribution >= 0.6 is 0 Å². The van der Waals surface area contributed by atoms with Crippen LogP contribution in [0.4, 0.5) is 4.39 Å². The van der Waals surface area contributed by atoms with Crippen molar-refractivity contribution in [3.63, 3.8) is 0 Å². The summed E-state index contributed by atoms with van der Waals surface area (Å²) in [6, 6.07) is 0. The number of fused-ring (bicyclic) bond motifs is 3. The van der Waals surface area contributed by atoms with Gasteiger partial charge in [-0.25, -0.2) is 4.39 Å². The Morgan fingerprint density at radius 3 is 2.42 bits per heavy atom. The van der Waals surface area contributed by atoms with Crippen LogP contribution in [0.1, 0.15) is 126 Å². The van der Waals surface area contributed by atoms with E-state index in [1.54, 1.807) is 13.8 Å². The lowest BCUT2D eigenvalue weighted by atomic mass is 9.42. The third kappa shape index (κ3) is 3.70. The summed E-state index contributed by atoms with van der Waals surface area (Å²) >= 11 is 0. The highest BCUT2D eigenvalue weighted by molar-refractivity contribution is 5.41. The lowest BCUT2D eigenvalue weighted by Gasteiger charge is -2.62. The molecule has 5 saturated carbocycles. The van der Waals surface area contributed by atoms with Crippen LogP contribution < -0.4 is 0 Å². The van der Waals surface area contributed by atoms with Gasteiger partial charge in [-0.2, -0.15) is 0 Å². The monoisotopic (exact) mass is 602 g/mol. The second kappa shape index (κ2) is 9.67. The average molecular weight is 603 g/mol. The van der Waals surface area contributed by atoms with Gasteiger partial charge < -0.3 is 24.4 Å². The van der Waals surface area contributed by atoms with E-state index in [2.05, 4.69) is 27.7 Å². The number of hydrogen-bond acceptors (Lipinski definition) is 5. The van der Waals surface area contributed by atoms with Gasteiger partial charge in [0.1, 0.15) is 11.8 Å². The molecule has 0 aromatic heterocycles. The van der Waals surface area contributed by atoms with Gasteiger partial charge in [0.15, 0.2) is 6.29 Å². The SMILES string of the molecule is CC.CC1C2CC[C@@]3(C)C4CC5=C(CCC6(O5)C(F)C6C(C)(C)O)[C@@]4(C)CC[C@]34[C@H](C)C24CC[C@@H]1OC1C[C@@H](O)CCO1. The smallest absolute Gasteiger partial charge is 0.160 e. The summed E-state index contributed by atoms with van der Waals surface area (Å²) in [5.41, 5.74) is 0.781. The van der Waals surface area contributed by atoms with Crippen LogP contribution in [0.3, 0.4) is 0 Å². The number of rotatable bonds is 3. The normalized spacial score (nSPS) is 56.4. The van der Waals surface area contributed by atoms with Gasteiger partial charge in [0, 0.05) is 12.8 Å². The van der Waals surface area contributed by atoms with E-state index in [0.717, 1.165) is 30.9 Å². The standard InChI is InChI=1S/C35H53FO5.C2H6/c1-19-22-7-11-32(6)26-18-25-23(8-13-34(41-25)28(29(34)36)30(3,4)38)31(26,5)14-15-35(32)20(2)33(22,35)12-9-24(19)40-27-17-21(37)10-16-39-27;1-2/h19-22,24,26-29,37-38H,7-18H2,1-6H3;1-2H3/t19?,20-,21+,22?,24+,26?,27?,28?,29?,31-,32+,33?,34?,35+;/m1./s1. The fourth-order valence-corrected chi connectivity index (χ4v) is 13.8. The number of aliphatic hydroxyl groups excluding tert-OH is 1. The van der Waals surface area contributed by atoms with Gasteiger partial charge >= 0.3 is 0 Å². The molecular weight excluding hydrogens is 543 g/mol. The first kappa shape index (κ1) is 30.9. The Morgan fingerprint density at radius 1 is 1.00 bits per heavy atom. The van der Waals surface area contributed by atoms with Crippen molar-refractivity contribution in [2.24, 2.45) is 51.2 Å². The molecule has 8 rings (SSSR count). The van der Waals surface area contributed by atoms with Crippen LogP contribution in [0.5, 0.6) is 0 Å². The minimum atomic E-state index is -1.07. The number of alkyl halides is 1. The number of allylic oxidation sites excluding steroid dienone is 2. The van der Waals surface area contributed by atoms with E-state index in [9.17, 15) is 10.2 Å². The second-order valence-electron chi connectivity index (χ2n) is 17.0. The van der Waals surface area contributed by atoms with Gasteiger partial charge in [0.2, 0.25) is 0 Å². The molecule has 0 radical (unpaired) electrons. The molecule has 2 N–H and O–H groups in total. The van der Waals surface area contributed by atoms with Gasteiger partial charge in [-0.05, 0) is 123 Å². The topological polar surface area (TPSA) is 68.2 Å². The molecule has 3 spiro atoms. The van der Waals surface area contributed by atoms with Gasteiger partial charge in [0.25, 0.3) is 0 Å². The van der Waals surface area contributed by atoms with Crippen LogP contribution in [0.2, 0.25) is 0 Å². The highest BCUT2D eigenvalue weighted by Gasteiger charge is 2.87. The van der Waals surface area contributed by atoms with E-state index < -0.39 is 23.3 Å². The zero-order valence-electron chi connectivity index (χ0n) is 28.2. The molecule has 6 heteroatoms. The lowest BCUT2D eigenvalue weighted by molar-refractivity contribution is -0.233. The largest absolute Gasteiger partial charge is 0.488 e. The maximum Gasteiger partial charge on any atom is 0.160 e. The summed E-state index contributed by atoms with van der Waals surface area (Å²) in [6.45, 7) is 18.3. The Kier molecular flexibility index (Phi) is 6.96. The number of hydrogen-bond donors (Lipinski definition) is 2. The Bertz CT molecular complexity index is 1160. The van der Waals surface area contributed by atoms with E-state index in [4.69, 9.17) is 14.2 Å². The Morgan fingerprint density at radius 2 is 1.74 bits per heavy atom. The maximum atomic E-state index is 15.3. The summed E-state index contributed by atoms with van der Waals surface area (Å²) in [4.78, 5) is 0. The quantitative estimate of drug-likeness (QED) is 0.324. The highest BCUT2D eigenvalue weighted by Crippen LogP contribution is 2.92. The van der Waals surface area contributed by atoms with Crippen LogP contribution in [-0.2, 0) is 14.2 Å². The van der Waals surface area contributed by atoms with Crippen LogP contribution in [-0.4, -0.2) is 52.7 Å². The van der Waals surface area contributed by atoms with Crippen LogP contribution in [0, 0.1) is 51.2 Å². The van der Waals surface area contributed by atoms with E-state index in [1.807, 2.05) is 13.8 Å². The molecule has 0 amide bonds. The third-order valence-electron chi connectivity index (χ3n) is 15.5. The molecule has 8 unspecified atom stereocenters. The number of ether oxygens (including phenoxy) is 3. The molecule has 244 valence electrons. The summed E-state index contributed by atoms with van der Waals surface area (Å²) in [7, 11) is 0. The van der Waals surface area contributed by atoms with Crippen molar-refractivity contribution < 1.29 is 28.8 Å². The van der Waals surface area contributed by atoms with E-state index in [0.29, 0.717) is 54.5 Å². The van der Waals surface area contributed by atoms with Crippen molar-refractivity contribution in [3.8, 4) is 0 Å². The van der Waals surface area contributed by atoms with Crippen molar-refractivity contribution in [1.29, 1.82) is 0 Å². The zero-order valence-corrected chi connectivity index (χ0v) is 28.2. The molecule has 6 fully saturated rings. The molecule has 8 aliphatic rings. The molecular formula is C37H59FO5. The predicted octanol–water partition coefficient (Wildman–Crippen LogP) is 7.73. The number of aliphatic hydroxyl groups is 2. The fourth-order valence-electron chi connectivity index (χ4n) is 13.8. The summed E-state index contributed by atoms with van der Waals surface area (Å²) < 4.78 is 34.5. The molecule has 0 aromatic carbocycles. The molecule has 1 saturated heterocycles. The van der Waals surface area contributed by atoms with E-state index >= 15 is 4.39 Å². The predicted molar refractivity (Wildman–Crippen MR) is 165 cm³/mol. The lowest BCUT2D eigenvalue weighted by Crippen LogP contribution is -2.56. The minimum absolute atomic E-state index is 0.142. The first-order valence-electron chi connectivity index (χ1n) is 18.0. The van der Waals surface area contributed by atoms with Crippen LogP contribution in [0.25, 0.3) is 0 Å². The molecule has 5 nitrogen and oxygen atoms in total. The minimum Gasteiger partial charge on any atom is -0.488 e. The maximum absolute atomic E-state index is 15.3.